The Kier molecular flexibility index (Phi) is 3.29. The molecule has 1 unspecified atom stereocenters. The summed E-state index contributed by atoms with van der Waals surface area (Å²) in [4.78, 5) is 0. The largest absolute Gasteiger partial charge is 0.244 e. The first kappa shape index (κ1) is 9.96. The summed E-state index contributed by atoms with van der Waals surface area (Å²) in [7, 11) is 0. The lowest BCUT2D eigenvalue weighted by molar-refractivity contribution is 0.474. The summed E-state index contributed by atoms with van der Waals surface area (Å²) in [5, 5.41) is 34.2. The van der Waals surface area contributed by atoms with Gasteiger partial charge < -0.3 is 0 Å². The third-order valence-corrected chi connectivity index (χ3v) is 1.62. The van der Waals surface area contributed by atoms with E-state index >= 15 is 0 Å². The molecule has 58 valence electrons. The van der Waals surface area contributed by atoms with E-state index in [4.69, 9.17) is 21.0 Å². The van der Waals surface area contributed by atoms with Crippen LogP contribution in [0.1, 0.15) is 13.3 Å². The van der Waals surface area contributed by atoms with E-state index < -0.39 is 11.3 Å². The second kappa shape index (κ2) is 3.97. The van der Waals surface area contributed by atoms with Crippen LogP contribution in [0.5, 0.6) is 0 Å². The molecule has 1 atom stereocenters. The van der Waals surface area contributed by atoms with Gasteiger partial charge in [0.05, 0.1) is 12.0 Å². The molecule has 0 bridgehead atoms. The van der Waals surface area contributed by atoms with Gasteiger partial charge in [-0.3, -0.25) is 0 Å². The van der Waals surface area contributed by atoms with Gasteiger partial charge in [0.25, 0.3) is 0 Å². The Labute approximate surface area is 70.9 Å². The average molecular weight is 158 g/mol. The van der Waals surface area contributed by atoms with Crippen LogP contribution in [0.25, 0.3) is 0 Å². The lowest BCUT2D eigenvalue weighted by Crippen LogP contribution is -2.24. The van der Waals surface area contributed by atoms with Gasteiger partial charge in [-0.1, -0.05) is 6.92 Å². The van der Waals surface area contributed by atoms with Crippen molar-refractivity contribution in [1.29, 1.82) is 21.0 Å². The van der Waals surface area contributed by atoms with Gasteiger partial charge in [0.15, 0.2) is 0 Å². The number of nitrogens with zero attached hydrogens (tertiary/aromatic N) is 4. The molecule has 0 N–H and O–H groups in total. The maximum absolute atomic E-state index is 8.56. The van der Waals surface area contributed by atoms with Crippen molar-refractivity contribution >= 4 is 0 Å². The zero-order chi connectivity index (χ0) is 9.61. The third kappa shape index (κ3) is 1.34. The highest BCUT2D eigenvalue weighted by atomic mass is 14.5. The number of hydrogen-bond donors (Lipinski definition) is 0. The van der Waals surface area contributed by atoms with E-state index in [9.17, 15) is 0 Å². The van der Waals surface area contributed by atoms with Gasteiger partial charge in [-0.2, -0.15) is 21.0 Å². The molecule has 0 radical (unpaired) electrons. The first-order chi connectivity index (χ1) is 5.70. The van der Waals surface area contributed by atoms with Crippen molar-refractivity contribution in [3.63, 3.8) is 0 Å². The van der Waals surface area contributed by atoms with Crippen molar-refractivity contribution in [1.82, 2.24) is 0 Å². The Bertz CT molecular complexity index is 281. The van der Waals surface area contributed by atoms with Gasteiger partial charge in [0, 0.05) is 0 Å². The fourth-order valence-electron chi connectivity index (χ4n) is 0.803. The van der Waals surface area contributed by atoms with Crippen molar-refractivity contribution < 1.29 is 0 Å². The highest BCUT2D eigenvalue weighted by Crippen LogP contribution is 2.27. The first-order valence-corrected chi connectivity index (χ1v) is 3.34. The smallest absolute Gasteiger partial charge is 0.198 e. The molecule has 0 aliphatic rings. The summed E-state index contributed by atoms with van der Waals surface area (Å²) in [5.74, 6) is -0.836. The molecule has 0 aromatic heterocycles. The third-order valence-electron chi connectivity index (χ3n) is 1.62. The minimum atomic E-state index is -1.80. The van der Waals surface area contributed by atoms with Crippen LogP contribution >= 0.6 is 0 Å². The van der Waals surface area contributed by atoms with Crippen molar-refractivity contribution in [2.24, 2.45) is 11.3 Å². The van der Waals surface area contributed by atoms with E-state index in [0.717, 1.165) is 0 Å². The number of hydrogen-bond acceptors (Lipinski definition) is 4. The molecule has 0 aromatic carbocycles. The van der Waals surface area contributed by atoms with Crippen LogP contribution in [0.3, 0.4) is 0 Å². The molecule has 0 spiro atoms. The fourth-order valence-corrected chi connectivity index (χ4v) is 0.803. The Morgan fingerprint density at radius 1 is 1.08 bits per heavy atom. The van der Waals surface area contributed by atoms with Crippen LogP contribution in [-0.4, -0.2) is 0 Å². The average Bonchev–Trinajstić information content (AvgIpc) is 2.14. The van der Waals surface area contributed by atoms with Crippen LogP contribution in [-0.2, 0) is 0 Å². The Hall–Kier alpha value is -2.04. The van der Waals surface area contributed by atoms with Gasteiger partial charge in [-0.05, 0) is 6.42 Å². The van der Waals surface area contributed by atoms with E-state index in [2.05, 4.69) is 0 Å². The lowest BCUT2D eigenvalue weighted by Gasteiger charge is -2.12. The molecule has 12 heavy (non-hydrogen) atoms. The minimum Gasteiger partial charge on any atom is -0.198 e. The zero-order valence-corrected chi connectivity index (χ0v) is 6.57. The first-order valence-electron chi connectivity index (χ1n) is 3.34. The molecule has 0 aromatic rings. The molecule has 0 amide bonds. The van der Waals surface area contributed by atoms with Crippen molar-refractivity contribution in [2.45, 2.75) is 13.3 Å². The van der Waals surface area contributed by atoms with Crippen molar-refractivity contribution in [3.8, 4) is 24.3 Å². The van der Waals surface area contributed by atoms with Gasteiger partial charge >= 0.3 is 0 Å². The predicted molar refractivity (Wildman–Crippen MR) is 38.7 cm³/mol. The summed E-state index contributed by atoms with van der Waals surface area (Å²) in [5.41, 5.74) is -1.80. The molecule has 4 heteroatoms. The fraction of sp³-hybridized carbons (Fsp3) is 0.500. The zero-order valence-electron chi connectivity index (χ0n) is 6.57. The summed E-state index contributed by atoms with van der Waals surface area (Å²) >= 11 is 0. The molecule has 0 saturated carbocycles. The van der Waals surface area contributed by atoms with E-state index in [-0.39, 0.29) is 0 Å². The van der Waals surface area contributed by atoms with Gasteiger partial charge in [0.1, 0.15) is 18.2 Å². The number of nitriles is 4. The van der Waals surface area contributed by atoms with Gasteiger partial charge in [-0.25, -0.2) is 0 Å². The second-order valence-electron chi connectivity index (χ2n) is 2.23. The summed E-state index contributed by atoms with van der Waals surface area (Å²) in [6, 6.07) is 6.49. The highest BCUT2D eigenvalue weighted by Gasteiger charge is 2.39. The Balaban J connectivity index is 5.08. The Morgan fingerprint density at radius 2 is 1.50 bits per heavy atom. The molecule has 0 fully saturated rings. The lowest BCUT2D eigenvalue weighted by atomic mass is 9.78. The molecular weight excluding hydrogens is 152 g/mol. The second-order valence-corrected chi connectivity index (χ2v) is 2.23. The molecule has 0 heterocycles. The standard InChI is InChI=1S/C8H6N4/c1-2-7(3-9)8(4-10,5-11)6-12/h7H,2H2,1H3. The van der Waals surface area contributed by atoms with E-state index in [1.807, 2.05) is 0 Å². The maximum atomic E-state index is 8.56. The van der Waals surface area contributed by atoms with Crippen LogP contribution in [0.4, 0.5) is 0 Å². The molecule has 0 aliphatic carbocycles. The normalized spacial score (nSPS) is 11.4. The molecular formula is C8H6N4. The van der Waals surface area contributed by atoms with Crippen LogP contribution < -0.4 is 0 Å². The summed E-state index contributed by atoms with van der Waals surface area (Å²) in [6.45, 7) is 1.66. The van der Waals surface area contributed by atoms with Crippen LogP contribution in [0.15, 0.2) is 0 Å². The minimum absolute atomic E-state index is 0.325. The van der Waals surface area contributed by atoms with Crippen LogP contribution in [0.2, 0.25) is 0 Å². The SMILES string of the molecule is CCC(C#N)C(C#N)(C#N)C#N. The summed E-state index contributed by atoms with van der Waals surface area (Å²) < 4.78 is 0. The van der Waals surface area contributed by atoms with Crippen LogP contribution in [0, 0.1) is 56.7 Å². The molecule has 0 rings (SSSR count). The van der Waals surface area contributed by atoms with Gasteiger partial charge in [-0.15, -0.1) is 0 Å². The maximum Gasteiger partial charge on any atom is 0.244 e. The monoisotopic (exact) mass is 158 g/mol. The van der Waals surface area contributed by atoms with Crippen molar-refractivity contribution in [2.75, 3.05) is 0 Å². The number of rotatable bonds is 2. The molecule has 4 nitrogen and oxygen atoms in total. The highest BCUT2D eigenvalue weighted by molar-refractivity contribution is 5.30. The molecule has 0 saturated heterocycles. The molecule has 0 aliphatic heterocycles. The quantitative estimate of drug-likeness (QED) is 0.600. The Morgan fingerprint density at radius 3 is 1.58 bits per heavy atom. The van der Waals surface area contributed by atoms with E-state index in [0.29, 0.717) is 6.42 Å². The van der Waals surface area contributed by atoms with E-state index in [1.165, 1.54) is 0 Å². The topological polar surface area (TPSA) is 95.2 Å². The van der Waals surface area contributed by atoms with Crippen molar-refractivity contribution in [3.05, 3.63) is 0 Å². The van der Waals surface area contributed by atoms with Gasteiger partial charge in [0.2, 0.25) is 5.41 Å². The van der Waals surface area contributed by atoms with E-state index in [1.54, 1.807) is 31.2 Å². The predicted octanol–water partition coefficient (Wildman–Crippen LogP) is 1.09. The summed E-state index contributed by atoms with van der Waals surface area (Å²) in [6.07, 6.45) is 0.325.